The highest BCUT2D eigenvalue weighted by Crippen LogP contribution is 2.22. The van der Waals surface area contributed by atoms with Gasteiger partial charge >= 0.3 is 0 Å². The number of amides is 1. The molecule has 1 aromatic carbocycles. The van der Waals surface area contributed by atoms with Crippen molar-refractivity contribution in [3.63, 3.8) is 0 Å². The van der Waals surface area contributed by atoms with Crippen molar-refractivity contribution in [1.82, 2.24) is 4.90 Å². The molecule has 0 saturated carbocycles. The fourth-order valence-electron chi connectivity index (χ4n) is 2.18. The lowest BCUT2D eigenvalue weighted by atomic mass is 10.1. The number of aliphatic hydroxyl groups is 1. The van der Waals surface area contributed by atoms with Crippen molar-refractivity contribution < 1.29 is 9.90 Å². The number of carbonyl (C=O) groups is 1. The van der Waals surface area contributed by atoms with Crippen LogP contribution < -0.4 is 0 Å². The molecule has 1 saturated heterocycles. The van der Waals surface area contributed by atoms with E-state index >= 15 is 0 Å². The van der Waals surface area contributed by atoms with Gasteiger partial charge in [-0.3, -0.25) is 4.79 Å². The Morgan fingerprint density at radius 1 is 1.59 bits per heavy atom. The molecule has 1 aliphatic rings. The second-order valence-electron chi connectivity index (χ2n) is 4.50. The van der Waals surface area contributed by atoms with Gasteiger partial charge in [0, 0.05) is 34.7 Å². The molecule has 0 spiro atoms. The molecule has 1 unspecified atom stereocenters. The number of aliphatic hydroxyl groups excluding tert-OH is 1. The first kappa shape index (κ1) is 12.8. The number of nitrogens with zero attached hydrogens (tertiary/aromatic N) is 1. The molecule has 1 N–H and O–H groups in total. The molecule has 4 heteroatoms. The highest BCUT2D eigenvalue weighted by molar-refractivity contribution is 14.1. The molecule has 2 rings (SSSR count). The van der Waals surface area contributed by atoms with Crippen LogP contribution in [0.25, 0.3) is 0 Å². The average Bonchev–Trinajstić information content (AvgIpc) is 2.80. The first-order valence-electron chi connectivity index (χ1n) is 5.78. The van der Waals surface area contributed by atoms with Gasteiger partial charge in [-0.1, -0.05) is 6.07 Å². The largest absolute Gasteiger partial charge is 0.396 e. The van der Waals surface area contributed by atoms with Gasteiger partial charge in [-0.05, 0) is 53.6 Å². The number of hydrogen-bond acceptors (Lipinski definition) is 2. The van der Waals surface area contributed by atoms with Crippen LogP contribution >= 0.6 is 22.6 Å². The van der Waals surface area contributed by atoms with Crippen LogP contribution in [0.5, 0.6) is 0 Å². The summed E-state index contributed by atoms with van der Waals surface area (Å²) in [6, 6.07) is 5.81. The number of carbonyl (C=O) groups excluding carboxylic acids is 1. The van der Waals surface area contributed by atoms with Crippen LogP contribution in [0.3, 0.4) is 0 Å². The van der Waals surface area contributed by atoms with E-state index in [-0.39, 0.29) is 18.4 Å². The van der Waals surface area contributed by atoms with Gasteiger partial charge in [0.2, 0.25) is 0 Å². The molecule has 0 aromatic heterocycles. The zero-order chi connectivity index (χ0) is 12.4. The smallest absolute Gasteiger partial charge is 0.254 e. The normalized spacial score (nSPS) is 19.7. The Hall–Kier alpha value is -0.620. The maximum atomic E-state index is 12.3. The average molecular weight is 345 g/mol. The first-order valence-corrected chi connectivity index (χ1v) is 6.86. The summed E-state index contributed by atoms with van der Waals surface area (Å²) in [5.41, 5.74) is 1.83. The minimum absolute atomic E-state index is 0.0944. The Morgan fingerprint density at radius 3 is 3.00 bits per heavy atom. The third-order valence-electron chi connectivity index (χ3n) is 3.33. The second-order valence-corrected chi connectivity index (χ2v) is 5.66. The summed E-state index contributed by atoms with van der Waals surface area (Å²) in [7, 11) is 0. The van der Waals surface area contributed by atoms with Gasteiger partial charge in [-0.2, -0.15) is 0 Å². The van der Waals surface area contributed by atoms with Gasteiger partial charge in [0.25, 0.3) is 5.91 Å². The van der Waals surface area contributed by atoms with Gasteiger partial charge in [-0.25, -0.2) is 0 Å². The number of rotatable bonds is 2. The number of hydrogen-bond donors (Lipinski definition) is 1. The van der Waals surface area contributed by atoms with E-state index in [0.717, 1.165) is 27.7 Å². The number of benzene rings is 1. The zero-order valence-corrected chi connectivity index (χ0v) is 12.0. The fourth-order valence-corrected chi connectivity index (χ4v) is 2.67. The molecular weight excluding hydrogens is 329 g/mol. The Labute approximate surface area is 115 Å². The van der Waals surface area contributed by atoms with Gasteiger partial charge in [0.05, 0.1) is 0 Å². The minimum atomic E-state index is 0.0944. The lowest BCUT2D eigenvalue weighted by Crippen LogP contribution is -2.29. The Kier molecular flexibility index (Phi) is 4.04. The van der Waals surface area contributed by atoms with E-state index in [4.69, 9.17) is 5.11 Å². The predicted octanol–water partition coefficient (Wildman–Crippen LogP) is 2.05. The van der Waals surface area contributed by atoms with E-state index in [1.165, 1.54) is 0 Å². The number of halogens is 1. The molecule has 17 heavy (non-hydrogen) atoms. The molecule has 0 aliphatic carbocycles. The highest BCUT2D eigenvalue weighted by atomic mass is 127. The highest BCUT2D eigenvalue weighted by Gasteiger charge is 2.27. The lowest BCUT2D eigenvalue weighted by Gasteiger charge is -2.18. The van der Waals surface area contributed by atoms with Crippen LogP contribution in [0.4, 0.5) is 0 Å². The van der Waals surface area contributed by atoms with Crippen LogP contribution in [-0.4, -0.2) is 35.6 Å². The molecule has 0 radical (unpaired) electrons. The second kappa shape index (κ2) is 5.35. The molecule has 1 atom stereocenters. The van der Waals surface area contributed by atoms with Crippen LogP contribution in [0.2, 0.25) is 0 Å². The van der Waals surface area contributed by atoms with Crippen molar-refractivity contribution in [2.45, 2.75) is 13.3 Å². The van der Waals surface area contributed by atoms with Gasteiger partial charge in [-0.15, -0.1) is 0 Å². The fraction of sp³-hybridized carbons (Fsp3) is 0.462. The lowest BCUT2D eigenvalue weighted by molar-refractivity contribution is 0.0781. The molecular formula is C13H16INO2. The van der Waals surface area contributed by atoms with Crippen LogP contribution in [0, 0.1) is 16.4 Å². The molecule has 1 heterocycles. The van der Waals surface area contributed by atoms with E-state index in [1.807, 2.05) is 30.0 Å². The predicted molar refractivity (Wildman–Crippen MR) is 75.0 cm³/mol. The molecule has 3 nitrogen and oxygen atoms in total. The zero-order valence-electron chi connectivity index (χ0n) is 9.82. The van der Waals surface area contributed by atoms with E-state index in [9.17, 15) is 4.79 Å². The summed E-state index contributed by atoms with van der Waals surface area (Å²) in [6.07, 6.45) is 0.908. The van der Waals surface area contributed by atoms with Crippen molar-refractivity contribution in [2.75, 3.05) is 19.7 Å². The van der Waals surface area contributed by atoms with Crippen molar-refractivity contribution >= 4 is 28.5 Å². The Bertz CT molecular complexity index is 433. The maximum absolute atomic E-state index is 12.3. The summed E-state index contributed by atoms with van der Waals surface area (Å²) < 4.78 is 1.12. The summed E-state index contributed by atoms with van der Waals surface area (Å²) >= 11 is 2.25. The van der Waals surface area contributed by atoms with E-state index in [2.05, 4.69) is 22.6 Å². The molecule has 0 bridgehead atoms. The standard InChI is InChI=1S/C13H16INO2/c1-9-11(3-2-4-12(9)14)13(17)15-6-5-10(7-15)8-16/h2-4,10,16H,5-8H2,1H3. The van der Waals surface area contributed by atoms with Crippen LogP contribution in [0.1, 0.15) is 22.3 Å². The molecule has 1 aromatic rings. The summed E-state index contributed by atoms with van der Waals surface area (Å²) in [6.45, 7) is 3.60. The Morgan fingerprint density at radius 2 is 2.35 bits per heavy atom. The topological polar surface area (TPSA) is 40.5 Å². The van der Waals surface area contributed by atoms with Gasteiger partial charge in [0.15, 0.2) is 0 Å². The minimum Gasteiger partial charge on any atom is -0.396 e. The SMILES string of the molecule is Cc1c(I)cccc1C(=O)N1CCC(CO)C1. The maximum Gasteiger partial charge on any atom is 0.254 e. The number of likely N-dealkylation sites (tertiary alicyclic amines) is 1. The third-order valence-corrected chi connectivity index (χ3v) is 4.50. The monoisotopic (exact) mass is 345 g/mol. The van der Waals surface area contributed by atoms with Crippen molar-refractivity contribution in [3.05, 3.63) is 32.9 Å². The van der Waals surface area contributed by atoms with Crippen molar-refractivity contribution in [3.8, 4) is 0 Å². The quantitative estimate of drug-likeness (QED) is 0.834. The summed E-state index contributed by atoms with van der Waals surface area (Å²) in [5, 5.41) is 9.10. The van der Waals surface area contributed by atoms with Gasteiger partial charge in [0.1, 0.15) is 0 Å². The molecule has 1 aliphatic heterocycles. The van der Waals surface area contributed by atoms with Gasteiger partial charge < -0.3 is 10.0 Å². The first-order chi connectivity index (χ1) is 8.13. The van der Waals surface area contributed by atoms with E-state index in [1.54, 1.807) is 0 Å². The van der Waals surface area contributed by atoms with Crippen LogP contribution in [0.15, 0.2) is 18.2 Å². The summed E-state index contributed by atoms with van der Waals surface area (Å²) in [5.74, 6) is 0.346. The summed E-state index contributed by atoms with van der Waals surface area (Å²) in [4.78, 5) is 14.2. The Balaban J connectivity index is 2.18. The van der Waals surface area contributed by atoms with Crippen molar-refractivity contribution in [1.29, 1.82) is 0 Å². The van der Waals surface area contributed by atoms with E-state index < -0.39 is 0 Å². The molecule has 1 amide bonds. The van der Waals surface area contributed by atoms with Crippen LogP contribution in [-0.2, 0) is 0 Å². The van der Waals surface area contributed by atoms with E-state index in [0.29, 0.717) is 6.54 Å². The third kappa shape index (κ3) is 2.63. The van der Waals surface area contributed by atoms with Crippen molar-refractivity contribution in [2.24, 2.45) is 5.92 Å². The molecule has 92 valence electrons. The molecule has 1 fully saturated rings.